The fourth-order valence-corrected chi connectivity index (χ4v) is 5.18. The van der Waals surface area contributed by atoms with Gasteiger partial charge < -0.3 is 10.3 Å². The third-order valence-electron chi connectivity index (χ3n) is 6.99. The number of hydrogen-bond donors (Lipinski definition) is 2. The predicted octanol–water partition coefficient (Wildman–Crippen LogP) is 4.56. The molecule has 1 aliphatic heterocycles. The van der Waals surface area contributed by atoms with Crippen LogP contribution < -0.4 is 5.32 Å². The van der Waals surface area contributed by atoms with Gasteiger partial charge in [-0.25, -0.2) is 4.98 Å². The van der Waals surface area contributed by atoms with Gasteiger partial charge in [-0.05, 0) is 68.8 Å². The highest BCUT2D eigenvalue weighted by atomic mass is 16.2. The highest BCUT2D eigenvalue weighted by molar-refractivity contribution is 6.21. The Hall–Kier alpha value is -3.58. The van der Waals surface area contributed by atoms with Crippen LogP contribution in [0.15, 0.2) is 61.4 Å². The standard InChI is InChI=1S/C28H31N5O2/c1-2-8-22(26-30-16-17-31-26)23-14-13-19-9-7-12-24(25(19)32-23)29-15-5-6-18-33-27(34)20-10-3-4-11-21(20)28(33)35/h2-4,10-11,13-14,16-17,22,24,29H,1,5-9,12,15,18H2,(H,30,31)/t22-,24?/m0/s1. The van der Waals surface area contributed by atoms with Crippen LogP contribution in [0.1, 0.15) is 87.6 Å². The largest absolute Gasteiger partial charge is 0.348 e. The van der Waals surface area contributed by atoms with Crippen molar-refractivity contribution in [2.24, 2.45) is 0 Å². The van der Waals surface area contributed by atoms with E-state index in [1.54, 1.807) is 30.5 Å². The molecule has 3 aromatic rings. The van der Waals surface area contributed by atoms with Gasteiger partial charge in [-0.3, -0.25) is 19.5 Å². The molecule has 2 aliphatic rings. The molecular formula is C28H31N5O2. The van der Waals surface area contributed by atoms with E-state index in [0.717, 1.165) is 62.3 Å². The first-order valence-electron chi connectivity index (χ1n) is 12.5. The van der Waals surface area contributed by atoms with E-state index in [2.05, 4.69) is 34.0 Å². The highest BCUT2D eigenvalue weighted by Gasteiger charge is 2.34. The monoisotopic (exact) mass is 469 g/mol. The summed E-state index contributed by atoms with van der Waals surface area (Å²) in [6.45, 7) is 5.18. The summed E-state index contributed by atoms with van der Waals surface area (Å²) in [5.41, 5.74) is 4.48. The molecule has 2 aromatic heterocycles. The summed E-state index contributed by atoms with van der Waals surface area (Å²) in [4.78, 5) is 39.3. The number of hydrogen-bond acceptors (Lipinski definition) is 5. The van der Waals surface area contributed by atoms with E-state index in [1.807, 2.05) is 12.3 Å². The zero-order chi connectivity index (χ0) is 24.2. The Bertz CT molecular complexity index is 1180. The Kier molecular flexibility index (Phi) is 6.86. The molecule has 1 unspecified atom stereocenters. The van der Waals surface area contributed by atoms with Crippen LogP contribution in [0, 0.1) is 0 Å². The quantitative estimate of drug-likeness (QED) is 0.258. The van der Waals surface area contributed by atoms with Gasteiger partial charge in [0.2, 0.25) is 0 Å². The van der Waals surface area contributed by atoms with Crippen molar-refractivity contribution in [2.45, 2.75) is 50.5 Å². The SMILES string of the molecule is C=CC[C@@H](c1ccc2c(n1)C(NCCCCN1C(=O)c3ccccc3C1=O)CCC2)c1ncc[nH]1. The molecule has 5 rings (SSSR count). The Balaban J connectivity index is 1.19. The Morgan fingerprint density at radius 1 is 1.14 bits per heavy atom. The maximum absolute atomic E-state index is 12.5. The fourth-order valence-electron chi connectivity index (χ4n) is 5.18. The molecule has 1 aliphatic carbocycles. The van der Waals surface area contributed by atoms with E-state index < -0.39 is 0 Å². The third kappa shape index (κ3) is 4.68. The average molecular weight is 470 g/mol. The third-order valence-corrected chi connectivity index (χ3v) is 6.99. The number of benzene rings is 1. The number of aromatic amines is 1. The van der Waals surface area contributed by atoms with E-state index >= 15 is 0 Å². The molecule has 0 spiro atoms. The Labute approximate surface area is 205 Å². The zero-order valence-corrected chi connectivity index (χ0v) is 19.9. The molecule has 0 bridgehead atoms. The van der Waals surface area contributed by atoms with E-state index in [1.165, 1.54) is 10.5 Å². The van der Waals surface area contributed by atoms with Crippen molar-refractivity contribution in [3.63, 3.8) is 0 Å². The summed E-state index contributed by atoms with van der Waals surface area (Å²) in [5, 5.41) is 3.68. The number of imidazole rings is 1. The van der Waals surface area contributed by atoms with Gasteiger partial charge >= 0.3 is 0 Å². The first kappa shape index (κ1) is 23.2. The number of nitrogens with one attached hydrogen (secondary N) is 2. The lowest BCUT2D eigenvalue weighted by molar-refractivity contribution is 0.0651. The molecule has 2 atom stereocenters. The molecule has 2 N–H and O–H groups in total. The number of amides is 2. The van der Waals surface area contributed by atoms with Gasteiger partial charge in [0.25, 0.3) is 11.8 Å². The molecule has 0 fully saturated rings. The Morgan fingerprint density at radius 3 is 2.66 bits per heavy atom. The van der Waals surface area contributed by atoms with Crippen LogP contribution in [-0.2, 0) is 6.42 Å². The fraction of sp³-hybridized carbons (Fsp3) is 0.357. The van der Waals surface area contributed by atoms with Gasteiger partial charge in [0, 0.05) is 25.0 Å². The molecule has 1 aromatic carbocycles. The van der Waals surface area contributed by atoms with Crippen LogP contribution in [0.25, 0.3) is 0 Å². The first-order valence-corrected chi connectivity index (χ1v) is 12.5. The lowest BCUT2D eigenvalue weighted by atomic mass is 9.90. The van der Waals surface area contributed by atoms with Gasteiger partial charge in [0.1, 0.15) is 5.82 Å². The summed E-state index contributed by atoms with van der Waals surface area (Å²) in [5.74, 6) is 0.616. The number of allylic oxidation sites excluding steroid dienone is 1. The van der Waals surface area contributed by atoms with Crippen molar-refractivity contribution in [3.8, 4) is 0 Å². The van der Waals surface area contributed by atoms with Crippen LogP contribution in [0.2, 0.25) is 0 Å². The summed E-state index contributed by atoms with van der Waals surface area (Å²) in [7, 11) is 0. The maximum Gasteiger partial charge on any atom is 0.261 e. The van der Waals surface area contributed by atoms with E-state index in [-0.39, 0.29) is 23.8 Å². The molecule has 0 saturated carbocycles. The molecule has 0 radical (unpaired) electrons. The minimum atomic E-state index is -0.179. The van der Waals surface area contributed by atoms with Gasteiger partial charge in [-0.15, -0.1) is 6.58 Å². The number of pyridine rings is 1. The van der Waals surface area contributed by atoms with Crippen LogP contribution in [0.3, 0.4) is 0 Å². The van der Waals surface area contributed by atoms with E-state index in [4.69, 9.17) is 4.98 Å². The van der Waals surface area contributed by atoms with E-state index in [9.17, 15) is 9.59 Å². The predicted molar refractivity (Wildman–Crippen MR) is 134 cm³/mol. The molecule has 0 saturated heterocycles. The number of carbonyl (C=O) groups is 2. The Morgan fingerprint density at radius 2 is 1.94 bits per heavy atom. The molecule has 3 heterocycles. The minimum absolute atomic E-state index is 0.0648. The molecular weight excluding hydrogens is 438 g/mol. The topological polar surface area (TPSA) is 91.0 Å². The zero-order valence-electron chi connectivity index (χ0n) is 19.9. The van der Waals surface area contributed by atoms with Crippen molar-refractivity contribution in [1.82, 2.24) is 25.2 Å². The molecule has 7 nitrogen and oxygen atoms in total. The molecule has 2 amide bonds. The number of imide groups is 1. The minimum Gasteiger partial charge on any atom is -0.348 e. The van der Waals surface area contributed by atoms with Crippen molar-refractivity contribution >= 4 is 11.8 Å². The van der Waals surface area contributed by atoms with Crippen LogP contribution in [0.4, 0.5) is 0 Å². The summed E-state index contributed by atoms with van der Waals surface area (Å²) in [6.07, 6.45) is 11.2. The lowest BCUT2D eigenvalue weighted by Gasteiger charge is -2.27. The van der Waals surface area contributed by atoms with Crippen molar-refractivity contribution in [2.75, 3.05) is 13.1 Å². The smallest absolute Gasteiger partial charge is 0.261 e. The number of rotatable bonds is 10. The number of H-pyrrole nitrogens is 1. The molecule has 7 heteroatoms. The number of carbonyl (C=O) groups excluding carboxylic acids is 2. The van der Waals surface area contributed by atoms with Crippen molar-refractivity contribution in [1.29, 1.82) is 0 Å². The number of aryl methyl sites for hydroxylation is 1. The van der Waals surface area contributed by atoms with Crippen LogP contribution in [0.5, 0.6) is 0 Å². The number of aromatic nitrogens is 3. The number of nitrogens with zero attached hydrogens (tertiary/aromatic N) is 3. The number of fused-ring (bicyclic) bond motifs is 2. The van der Waals surface area contributed by atoms with Gasteiger partial charge in [-0.2, -0.15) is 0 Å². The normalized spacial score (nSPS) is 17.8. The van der Waals surface area contributed by atoms with Crippen LogP contribution in [-0.4, -0.2) is 44.8 Å². The summed E-state index contributed by atoms with van der Waals surface area (Å²) in [6, 6.07) is 11.6. The lowest BCUT2D eigenvalue weighted by Crippen LogP contribution is -2.32. The molecule has 180 valence electrons. The van der Waals surface area contributed by atoms with Crippen molar-refractivity contribution < 1.29 is 9.59 Å². The average Bonchev–Trinajstić information content (AvgIpc) is 3.50. The second-order valence-electron chi connectivity index (χ2n) is 9.25. The second-order valence-corrected chi connectivity index (χ2v) is 9.25. The maximum atomic E-state index is 12.5. The first-order chi connectivity index (χ1) is 17.2. The van der Waals surface area contributed by atoms with Gasteiger partial charge in [0.05, 0.1) is 28.4 Å². The summed E-state index contributed by atoms with van der Waals surface area (Å²) >= 11 is 0. The summed E-state index contributed by atoms with van der Waals surface area (Å²) < 4.78 is 0. The van der Waals surface area contributed by atoms with Crippen molar-refractivity contribution in [3.05, 3.63) is 95.3 Å². The van der Waals surface area contributed by atoms with Gasteiger partial charge in [0.15, 0.2) is 0 Å². The van der Waals surface area contributed by atoms with Crippen LogP contribution >= 0.6 is 0 Å². The molecule has 35 heavy (non-hydrogen) atoms. The number of unbranched alkanes of at least 4 members (excludes halogenated alkanes) is 1. The van der Waals surface area contributed by atoms with Gasteiger partial charge in [-0.1, -0.05) is 24.3 Å². The second kappa shape index (κ2) is 10.4. The van der Waals surface area contributed by atoms with E-state index in [0.29, 0.717) is 17.7 Å². The highest BCUT2D eigenvalue weighted by Crippen LogP contribution is 2.32.